The van der Waals surface area contributed by atoms with E-state index in [0.717, 1.165) is 11.1 Å². The molecule has 2 nitrogen and oxygen atoms in total. The topological polar surface area (TPSA) is 37.3 Å². The van der Waals surface area contributed by atoms with Crippen LogP contribution in [0.5, 0.6) is 0 Å². The summed E-state index contributed by atoms with van der Waals surface area (Å²) in [4.78, 5) is 10.7. The van der Waals surface area contributed by atoms with Crippen molar-refractivity contribution < 1.29 is 9.90 Å². The Bertz CT molecular complexity index is 334. The SMILES string of the molecule is Cc1c(Cl)cccc1C(C)C(=O)O. The Balaban J connectivity index is 3.15. The minimum absolute atomic E-state index is 0.501. The van der Waals surface area contributed by atoms with Gasteiger partial charge in [0.2, 0.25) is 0 Å². The summed E-state index contributed by atoms with van der Waals surface area (Å²) in [5.74, 6) is -1.33. The first-order valence-electron chi connectivity index (χ1n) is 4.02. The van der Waals surface area contributed by atoms with E-state index in [-0.39, 0.29) is 0 Å². The molecule has 1 aromatic carbocycles. The monoisotopic (exact) mass is 198 g/mol. The van der Waals surface area contributed by atoms with Crippen molar-refractivity contribution in [3.63, 3.8) is 0 Å². The van der Waals surface area contributed by atoms with E-state index in [1.54, 1.807) is 25.1 Å². The molecule has 3 heteroatoms. The van der Waals surface area contributed by atoms with Crippen molar-refractivity contribution in [2.75, 3.05) is 0 Å². The molecule has 1 aromatic rings. The van der Waals surface area contributed by atoms with E-state index in [9.17, 15) is 4.79 Å². The van der Waals surface area contributed by atoms with Crippen LogP contribution < -0.4 is 0 Å². The van der Waals surface area contributed by atoms with Gasteiger partial charge in [-0.2, -0.15) is 0 Å². The van der Waals surface area contributed by atoms with Crippen LogP contribution in [0.4, 0.5) is 0 Å². The van der Waals surface area contributed by atoms with Crippen molar-refractivity contribution >= 4 is 17.6 Å². The molecule has 0 saturated carbocycles. The predicted molar refractivity (Wildman–Crippen MR) is 52.2 cm³/mol. The summed E-state index contributed by atoms with van der Waals surface area (Å²) in [6, 6.07) is 5.32. The van der Waals surface area contributed by atoms with Crippen molar-refractivity contribution in [1.82, 2.24) is 0 Å². The van der Waals surface area contributed by atoms with Crippen LogP contribution in [0, 0.1) is 6.92 Å². The van der Waals surface area contributed by atoms with E-state index in [0.29, 0.717) is 5.02 Å². The second kappa shape index (κ2) is 3.79. The Kier molecular flexibility index (Phi) is 2.94. The van der Waals surface area contributed by atoms with Crippen molar-refractivity contribution in [3.8, 4) is 0 Å². The number of hydrogen-bond donors (Lipinski definition) is 1. The molecule has 1 N–H and O–H groups in total. The number of aliphatic carboxylic acids is 1. The minimum atomic E-state index is -0.828. The number of carbonyl (C=O) groups is 1. The molecule has 0 fully saturated rings. The standard InChI is InChI=1S/C10H11ClO2/c1-6-8(7(2)10(12)13)4-3-5-9(6)11/h3-5,7H,1-2H3,(H,12,13). The van der Waals surface area contributed by atoms with Crippen LogP contribution in [-0.2, 0) is 4.79 Å². The van der Waals surface area contributed by atoms with Gasteiger partial charge in [-0.15, -0.1) is 0 Å². The minimum Gasteiger partial charge on any atom is -0.481 e. The van der Waals surface area contributed by atoms with Crippen LogP contribution in [0.2, 0.25) is 5.02 Å². The van der Waals surface area contributed by atoms with Crippen molar-refractivity contribution in [3.05, 3.63) is 34.3 Å². The second-order valence-corrected chi connectivity index (χ2v) is 3.42. The Morgan fingerprint density at radius 1 is 1.54 bits per heavy atom. The van der Waals surface area contributed by atoms with Crippen molar-refractivity contribution in [2.24, 2.45) is 0 Å². The summed E-state index contributed by atoms with van der Waals surface area (Å²) in [7, 11) is 0. The van der Waals surface area contributed by atoms with E-state index < -0.39 is 11.9 Å². The molecule has 0 heterocycles. The quantitative estimate of drug-likeness (QED) is 0.794. The van der Waals surface area contributed by atoms with Crippen LogP contribution in [0.15, 0.2) is 18.2 Å². The molecule has 0 spiro atoms. The summed E-state index contributed by atoms with van der Waals surface area (Å²) >= 11 is 5.87. The zero-order valence-electron chi connectivity index (χ0n) is 7.54. The normalized spacial score (nSPS) is 12.5. The molecule has 1 unspecified atom stereocenters. The predicted octanol–water partition coefficient (Wildman–Crippen LogP) is 2.84. The van der Waals surface area contributed by atoms with Gasteiger partial charge in [0.05, 0.1) is 5.92 Å². The van der Waals surface area contributed by atoms with Gasteiger partial charge in [0, 0.05) is 5.02 Å². The molecular weight excluding hydrogens is 188 g/mol. The van der Waals surface area contributed by atoms with Gasteiger partial charge in [-0.1, -0.05) is 23.7 Å². The highest BCUT2D eigenvalue weighted by Crippen LogP contribution is 2.25. The number of carboxylic acids is 1. The van der Waals surface area contributed by atoms with Crippen LogP contribution in [0.3, 0.4) is 0 Å². The lowest BCUT2D eigenvalue weighted by Gasteiger charge is -2.10. The molecule has 70 valence electrons. The van der Waals surface area contributed by atoms with Crippen LogP contribution >= 0.6 is 11.6 Å². The first kappa shape index (κ1) is 10.1. The van der Waals surface area contributed by atoms with E-state index in [4.69, 9.17) is 16.7 Å². The van der Waals surface area contributed by atoms with Gasteiger partial charge in [-0.05, 0) is 31.0 Å². The van der Waals surface area contributed by atoms with Gasteiger partial charge in [0.25, 0.3) is 0 Å². The fourth-order valence-corrected chi connectivity index (χ4v) is 1.41. The lowest BCUT2D eigenvalue weighted by atomic mass is 9.97. The molecule has 1 rings (SSSR count). The highest BCUT2D eigenvalue weighted by atomic mass is 35.5. The molecule has 0 aliphatic rings. The summed E-state index contributed by atoms with van der Waals surface area (Å²) < 4.78 is 0. The third-order valence-corrected chi connectivity index (χ3v) is 2.56. The lowest BCUT2D eigenvalue weighted by Crippen LogP contribution is -2.08. The molecule has 0 radical (unpaired) electrons. The zero-order valence-corrected chi connectivity index (χ0v) is 8.30. The molecule has 1 atom stereocenters. The molecule has 0 bridgehead atoms. The van der Waals surface area contributed by atoms with Crippen LogP contribution in [-0.4, -0.2) is 11.1 Å². The highest BCUT2D eigenvalue weighted by molar-refractivity contribution is 6.31. The third kappa shape index (κ3) is 2.01. The Morgan fingerprint density at radius 3 is 2.69 bits per heavy atom. The maximum absolute atomic E-state index is 10.7. The molecule has 0 saturated heterocycles. The summed E-state index contributed by atoms with van der Waals surface area (Å²) in [6.07, 6.45) is 0. The fraction of sp³-hybridized carbons (Fsp3) is 0.300. The maximum Gasteiger partial charge on any atom is 0.310 e. The first-order valence-corrected chi connectivity index (χ1v) is 4.39. The average molecular weight is 199 g/mol. The van der Waals surface area contributed by atoms with E-state index in [2.05, 4.69) is 0 Å². The largest absolute Gasteiger partial charge is 0.481 e. The number of rotatable bonds is 2. The smallest absolute Gasteiger partial charge is 0.310 e. The van der Waals surface area contributed by atoms with Crippen LogP contribution in [0.1, 0.15) is 24.0 Å². The molecule has 0 aliphatic carbocycles. The van der Waals surface area contributed by atoms with Gasteiger partial charge in [0.15, 0.2) is 0 Å². The van der Waals surface area contributed by atoms with Crippen LogP contribution in [0.25, 0.3) is 0 Å². The van der Waals surface area contributed by atoms with Gasteiger partial charge >= 0.3 is 5.97 Å². The molecule has 0 amide bonds. The first-order chi connectivity index (χ1) is 6.04. The van der Waals surface area contributed by atoms with Crippen molar-refractivity contribution in [1.29, 1.82) is 0 Å². The number of halogens is 1. The molecule has 0 aliphatic heterocycles. The Hall–Kier alpha value is -1.02. The Morgan fingerprint density at radius 2 is 2.15 bits per heavy atom. The van der Waals surface area contributed by atoms with E-state index >= 15 is 0 Å². The second-order valence-electron chi connectivity index (χ2n) is 3.01. The maximum atomic E-state index is 10.7. The number of carboxylic acid groups (broad SMARTS) is 1. The van der Waals surface area contributed by atoms with Gasteiger partial charge in [-0.25, -0.2) is 0 Å². The summed E-state index contributed by atoms with van der Waals surface area (Å²) in [5.41, 5.74) is 1.62. The summed E-state index contributed by atoms with van der Waals surface area (Å²) in [6.45, 7) is 3.48. The fourth-order valence-electron chi connectivity index (χ4n) is 1.23. The summed E-state index contributed by atoms with van der Waals surface area (Å²) in [5, 5.41) is 9.42. The third-order valence-electron chi connectivity index (χ3n) is 2.15. The molecule has 0 aromatic heterocycles. The van der Waals surface area contributed by atoms with E-state index in [1.165, 1.54) is 0 Å². The van der Waals surface area contributed by atoms with Gasteiger partial charge in [-0.3, -0.25) is 4.79 Å². The zero-order chi connectivity index (χ0) is 10.0. The van der Waals surface area contributed by atoms with Gasteiger partial charge < -0.3 is 5.11 Å². The lowest BCUT2D eigenvalue weighted by molar-refractivity contribution is -0.138. The van der Waals surface area contributed by atoms with Gasteiger partial charge in [0.1, 0.15) is 0 Å². The van der Waals surface area contributed by atoms with E-state index in [1.807, 2.05) is 6.92 Å². The van der Waals surface area contributed by atoms with Crippen molar-refractivity contribution in [2.45, 2.75) is 19.8 Å². The Labute approximate surface area is 82.2 Å². The molecular formula is C10H11ClO2. The highest BCUT2D eigenvalue weighted by Gasteiger charge is 2.16. The number of benzene rings is 1. The molecule has 13 heavy (non-hydrogen) atoms. The number of hydrogen-bond acceptors (Lipinski definition) is 1. The average Bonchev–Trinajstić information content (AvgIpc) is 2.08.